The summed E-state index contributed by atoms with van der Waals surface area (Å²) in [5.41, 5.74) is 2.96. The predicted octanol–water partition coefficient (Wildman–Crippen LogP) is 2.70. The zero-order valence-corrected chi connectivity index (χ0v) is 16.4. The number of rotatable bonds is 2. The highest BCUT2D eigenvalue weighted by molar-refractivity contribution is 5.80. The van der Waals surface area contributed by atoms with Crippen LogP contribution in [0.2, 0.25) is 0 Å². The molecule has 29 heavy (non-hydrogen) atoms. The van der Waals surface area contributed by atoms with Crippen LogP contribution in [0, 0.1) is 6.92 Å². The number of hydrogen-bond donors (Lipinski definition) is 0. The molecule has 0 aromatic carbocycles. The van der Waals surface area contributed by atoms with Crippen molar-refractivity contribution in [1.29, 1.82) is 0 Å². The third-order valence-corrected chi connectivity index (χ3v) is 6.27. The molecule has 2 saturated heterocycles. The Morgan fingerprint density at radius 1 is 1.07 bits per heavy atom. The van der Waals surface area contributed by atoms with Gasteiger partial charge in [-0.3, -0.25) is 4.90 Å². The number of likely N-dealkylation sites (N-methyl/N-ethyl adjacent to an activating group) is 1. The van der Waals surface area contributed by atoms with Crippen molar-refractivity contribution < 1.29 is 4.42 Å². The number of piperazine rings is 1. The van der Waals surface area contributed by atoms with Crippen molar-refractivity contribution in [2.45, 2.75) is 25.4 Å². The summed E-state index contributed by atoms with van der Waals surface area (Å²) in [6, 6.07) is 10.9. The van der Waals surface area contributed by atoms with Gasteiger partial charge >= 0.3 is 5.63 Å². The molecule has 6 heterocycles. The number of fused-ring (bicyclic) bond motifs is 4. The number of pyridine rings is 2. The van der Waals surface area contributed by atoms with Gasteiger partial charge in [-0.2, -0.15) is 4.98 Å². The molecule has 2 aliphatic rings. The van der Waals surface area contributed by atoms with E-state index in [1.807, 2.05) is 54.0 Å². The Labute approximate surface area is 167 Å². The smallest absolute Gasteiger partial charge is 0.347 e. The van der Waals surface area contributed by atoms with Gasteiger partial charge in [0.2, 0.25) is 5.71 Å². The molecule has 4 aromatic rings. The summed E-state index contributed by atoms with van der Waals surface area (Å²) in [7, 11) is 2.18. The summed E-state index contributed by atoms with van der Waals surface area (Å²) < 4.78 is 7.54. The van der Waals surface area contributed by atoms with Gasteiger partial charge in [0.15, 0.2) is 0 Å². The SMILES string of the molecule is Cc1ccc2nc(-c3cc4ccc(N5C[C@@H]6C[C@H]5CN6C)nc4oc3=O)cn2c1. The molecular weight excluding hydrogens is 366 g/mol. The second kappa shape index (κ2) is 5.90. The number of likely N-dealkylation sites (tertiary alicyclic amines) is 1. The lowest BCUT2D eigenvalue weighted by Gasteiger charge is -2.32. The van der Waals surface area contributed by atoms with Crippen molar-refractivity contribution in [3.8, 4) is 11.3 Å². The monoisotopic (exact) mass is 387 g/mol. The molecule has 2 fully saturated rings. The van der Waals surface area contributed by atoms with Crippen molar-refractivity contribution >= 4 is 22.6 Å². The molecule has 2 atom stereocenters. The summed E-state index contributed by atoms with van der Waals surface area (Å²) in [6.07, 6.45) is 5.02. The van der Waals surface area contributed by atoms with Crippen molar-refractivity contribution in [3.63, 3.8) is 0 Å². The first-order valence-electron chi connectivity index (χ1n) is 9.93. The van der Waals surface area contributed by atoms with Gasteiger partial charge in [0, 0.05) is 43.0 Å². The van der Waals surface area contributed by atoms with E-state index in [0.717, 1.165) is 35.5 Å². The Bertz CT molecular complexity index is 1320. The van der Waals surface area contributed by atoms with E-state index in [4.69, 9.17) is 4.42 Å². The van der Waals surface area contributed by atoms with E-state index in [9.17, 15) is 4.79 Å². The normalized spacial score (nSPS) is 21.7. The molecule has 4 aromatic heterocycles. The minimum Gasteiger partial charge on any atom is -0.403 e. The lowest BCUT2D eigenvalue weighted by atomic mass is 10.2. The van der Waals surface area contributed by atoms with Crippen LogP contribution in [0.5, 0.6) is 0 Å². The average molecular weight is 387 g/mol. The topological polar surface area (TPSA) is 66.9 Å². The van der Waals surface area contributed by atoms with Gasteiger partial charge in [-0.05, 0) is 50.2 Å². The number of anilines is 1. The zero-order valence-electron chi connectivity index (χ0n) is 16.4. The molecule has 2 bridgehead atoms. The predicted molar refractivity (Wildman–Crippen MR) is 111 cm³/mol. The number of imidazole rings is 1. The van der Waals surface area contributed by atoms with Gasteiger partial charge in [-0.1, -0.05) is 6.07 Å². The second-order valence-electron chi connectivity index (χ2n) is 8.24. The van der Waals surface area contributed by atoms with Crippen molar-refractivity contribution in [3.05, 3.63) is 58.7 Å². The van der Waals surface area contributed by atoms with Crippen LogP contribution < -0.4 is 10.5 Å². The summed E-state index contributed by atoms with van der Waals surface area (Å²) in [4.78, 5) is 26.7. The van der Waals surface area contributed by atoms with Gasteiger partial charge in [0.25, 0.3) is 0 Å². The molecule has 0 N–H and O–H groups in total. The maximum Gasteiger partial charge on any atom is 0.347 e. The summed E-state index contributed by atoms with van der Waals surface area (Å²) in [5.74, 6) is 0.886. The van der Waals surface area contributed by atoms with Gasteiger partial charge in [0.05, 0.1) is 11.3 Å². The molecule has 146 valence electrons. The van der Waals surface area contributed by atoms with E-state index in [-0.39, 0.29) is 0 Å². The summed E-state index contributed by atoms with van der Waals surface area (Å²) in [5, 5.41) is 0.804. The van der Waals surface area contributed by atoms with E-state index in [1.165, 1.54) is 6.42 Å². The first-order chi connectivity index (χ1) is 14.0. The number of nitrogens with zero attached hydrogens (tertiary/aromatic N) is 5. The van der Waals surface area contributed by atoms with E-state index < -0.39 is 5.63 Å². The average Bonchev–Trinajstić information content (AvgIpc) is 3.39. The Morgan fingerprint density at radius 2 is 1.97 bits per heavy atom. The molecule has 7 nitrogen and oxygen atoms in total. The van der Waals surface area contributed by atoms with Crippen LogP contribution in [0.25, 0.3) is 28.0 Å². The summed E-state index contributed by atoms with van der Waals surface area (Å²) in [6.45, 7) is 4.06. The Morgan fingerprint density at radius 3 is 2.76 bits per heavy atom. The highest BCUT2D eigenvalue weighted by atomic mass is 16.4. The summed E-state index contributed by atoms with van der Waals surface area (Å²) >= 11 is 0. The highest BCUT2D eigenvalue weighted by Crippen LogP contribution is 2.33. The number of aromatic nitrogens is 3. The number of hydrogen-bond acceptors (Lipinski definition) is 6. The van der Waals surface area contributed by atoms with Crippen molar-refractivity contribution in [2.24, 2.45) is 0 Å². The first kappa shape index (κ1) is 16.7. The quantitative estimate of drug-likeness (QED) is 0.527. The lowest BCUT2D eigenvalue weighted by Crippen LogP contribution is -2.44. The molecule has 0 saturated carbocycles. The van der Waals surface area contributed by atoms with Gasteiger partial charge in [-0.15, -0.1) is 0 Å². The van der Waals surface area contributed by atoms with Gasteiger partial charge in [0.1, 0.15) is 11.5 Å². The minimum atomic E-state index is -0.412. The largest absolute Gasteiger partial charge is 0.403 e. The van der Waals surface area contributed by atoms with Gasteiger partial charge < -0.3 is 13.7 Å². The van der Waals surface area contributed by atoms with Crippen LogP contribution in [0.15, 0.2) is 51.9 Å². The van der Waals surface area contributed by atoms with Crippen LogP contribution in [0.1, 0.15) is 12.0 Å². The van der Waals surface area contributed by atoms with Crippen molar-refractivity contribution in [2.75, 3.05) is 25.0 Å². The molecule has 0 spiro atoms. The van der Waals surface area contributed by atoms with E-state index >= 15 is 0 Å². The maximum absolute atomic E-state index is 12.7. The Kier molecular flexibility index (Phi) is 3.41. The van der Waals surface area contributed by atoms with Crippen LogP contribution in [-0.2, 0) is 0 Å². The Balaban J connectivity index is 1.40. The van der Waals surface area contributed by atoms with E-state index in [1.54, 1.807) is 0 Å². The standard InChI is InChI=1S/C22H21N5O2/c1-13-3-5-19-23-18(12-26(19)9-13)17-7-14-4-6-20(24-21(14)29-22(17)28)27-11-15-8-16(27)10-25(15)2/h3-7,9,12,15-16H,8,10-11H2,1-2H3/t15-,16-/m0/s1. The molecule has 0 radical (unpaired) electrons. The van der Waals surface area contributed by atoms with E-state index in [0.29, 0.717) is 29.1 Å². The third-order valence-electron chi connectivity index (χ3n) is 6.27. The molecule has 2 aliphatic heterocycles. The van der Waals surface area contributed by atoms with Crippen LogP contribution in [0.3, 0.4) is 0 Å². The zero-order chi connectivity index (χ0) is 19.7. The fraction of sp³-hybridized carbons (Fsp3) is 0.318. The van der Waals surface area contributed by atoms with Crippen LogP contribution in [0.4, 0.5) is 5.82 Å². The second-order valence-corrected chi connectivity index (χ2v) is 8.24. The first-order valence-corrected chi connectivity index (χ1v) is 9.93. The molecule has 6 rings (SSSR count). The minimum absolute atomic E-state index is 0.381. The molecule has 0 unspecified atom stereocenters. The number of aryl methyl sites for hydroxylation is 1. The van der Waals surface area contributed by atoms with E-state index in [2.05, 4.69) is 26.8 Å². The molecular formula is C22H21N5O2. The molecule has 0 aliphatic carbocycles. The van der Waals surface area contributed by atoms with Crippen molar-refractivity contribution in [1.82, 2.24) is 19.3 Å². The van der Waals surface area contributed by atoms with Crippen LogP contribution >= 0.6 is 0 Å². The highest BCUT2D eigenvalue weighted by Gasteiger charge is 2.42. The van der Waals surface area contributed by atoms with Gasteiger partial charge in [-0.25, -0.2) is 9.78 Å². The lowest BCUT2D eigenvalue weighted by molar-refractivity contribution is 0.292. The van der Waals surface area contributed by atoms with Crippen LogP contribution in [-0.4, -0.2) is 51.5 Å². The third kappa shape index (κ3) is 2.57. The fourth-order valence-corrected chi connectivity index (χ4v) is 4.71. The Hall–Kier alpha value is -3.19. The fourth-order valence-electron chi connectivity index (χ4n) is 4.71. The maximum atomic E-state index is 12.7. The molecule has 0 amide bonds. The molecule has 7 heteroatoms.